The van der Waals surface area contributed by atoms with Gasteiger partial charge in [0.2, 0.25) is 0 Å². The molecule has 2 N–H and O–H groups in total. The van der Waals surface area contributed by atoms with Crippen LogP contribution in [0.5, 0.6) is 0 Å². The molecule has 0 amide bonds. The quantitative estimate of drug-likeness (QED) is 0.766. The lowest BCUT2D eigenvalue weighted by Gasteiger charge is -2.02. The molecule has 0 spiro atoms. The van der Waals surface area contributed by atoms with E-state index in [9.17, 15) is 4.79 Å². The van der Waals surface area contributed by atoms with Crippen LogP contribution in [0.1, 0.15) is 18.2 Å². The Morgan fingerprint density at radius 3 is 2.93 bits per heavy atom. The van der Waals surface area contributed by atoms with E-state index < -0.39 is 0 Å². The summed E-state index contributed by atoms with van der Waals surface area (Å²) in [6, 6.07) is 3.53. The van der Waals surface area contributed by atoms with E-state index >= 15 is 0 Å². The first kappa shape index (κ1) is 9.86. The van der Waals surface area contributed by atoms with Gasteiger partial charge in [0.25, 0.3) is 5.56 Å². The highest BCUT2D eigenvalue weighted by Gasteiger charge is 2.02. The number of fused-ring (bicyclic) bond motifs is 1. The van der Waals surface area contributed by atoms with Crippen LogP contribution in [0, 0.1) is 0 Å². The molecule has 0 bridgehead atoms. The third kappa shape index (κ3) is 1.76. The van der Waals surface area contributed by atoms with Crippen LogP contribution in [0.2, 0.25) is 0 Å². The maximum absolute atomic E-state index is 11.5. The van der Waals surface area contributed by atoms with Gasteiger partial charge in [-0.05, 0) is 18.6 Å². The van der Waals surface area contributed by atoms with Crippen molar-refractivity contribution in [2.75, 3.05) is 0 Å². The summed E-state index contributed by atoms with van der Waals surface area (Å²) in [5, 5.41) is 9.80. The first-order valence-corrected chi connectivity index (χ1v) is 4.86. The summed E-state index contributed by atoms with van der Waals surface area (Å²) in [7, 11) is 0. The molecule has 0 saturated heterocycles. The molecule has 0 unspecified atom stereocenters. The van der Waals surface area contributed by atoms with Gasteiger partial charge in [-0.15, -0.1) is 0 Å². The van der Waals surface area contributed by atoms with Crippen molar-refractivity contribution in [3.05, 3.63) is 39.9 Å². The number of pyridine rings is 2. The maximum Gasteiger partial charge on any atom is 0.251 e. The van der Waals surface area contributed by atoms with Crippen LogP contribution in [0.25, 0.3) is 10.9 Å². The zero-order valence-corrected chi connectivity index (χ0v) is 8.45. The lowest BCUT2D eigenvalue weighted by molar-refractivity contribution is 0.277. The van der Waals surface area contributed by atoms with Crippen molar-refractivity contribution in [2.45, 2.75) is 20.0 Å². The number of aromatic nitrogens is 2. The zero-order valence-electron chi connectivity index (χ0n) is 8.45. The molecule has 0 aliphatic carbocycles. The molecule has 78 valence electrons. The molecule has 4 nitrogen and oxygen atoms in total. The minimum atomic E-state index is -0.118. The molecule has 15 heavy (non-hydrogen) atoms. The molecule has 0 aromatic carbocycles. The second kappa shape index (κ2) is 3.82. The molecule has 0 radical (unpaired) electrons. The highest BCUT2D eigenvalue weighted by Crippen LogP contribution is 2.11. The Bertz CT molecular complexity index is 546. The van der Waals surface area contributed by atoms with Gasteiger partial charge in [-0.3, -0.25) is 9.78 Å². The first-order valence-electron chi connectivity index (χ1n) is 4.86. The Morgan fingerprint density at radius 1 is 1.47 bits per heavy atom. The molecule has 2 aromatic heterocycles. The van der Waals surface area contributed by atoms with Crippen LogP contribution in [0.3, 0.4) is 0 Å². The van der Waals surface area contributed by atoms with Crippen LogP contribution in [0.4, 0.5) is 0 Å². The van der Waals surface area contributed by atoms with Crippen LogP contribution in [0.15, 0.2) is 23.1 Å². The molecule has 0 fully saturated rings. The van der Waals surface area contributed by atoms with E-state index in [-0.39, 0.29) is 12.2 Å². The summed E-state index contributed by atoms with van der Waals surface area (Å²) in [5.74, 6) is 0. The standard InChI is InChI=1S/C11H12N2O2/c1-2-7-3-8-5-12-9(6-14)4-10(8)13-11(7)15/h3-5,14H,2,6H2,1H3,(H,13,15). The summed E-state index contributed by atoms with van der Waals surface area (Å²) >= 11 is 0. The molecule has 2 rings (SSSR count). The molecule has 0 aliphatic heterocycles. The lowest BCUT2D eigenvalue weighted by atomic mass is 10.1. The average Bonchev–Trinajstić information content (AvgIpc) is 2.27. The van der Waals surface area contributed by atoms with Crippen molar-refractivity contribution in [2.24, 2.45) is 0 Å². The summed E-state index contributed by atoms with van der Waals surface area (Å²) < 4.78 is 0. The van der Waals surface area contributed by atoms with Gasteiger partial charge in [0.1, 0.15) is 0 Å². The van der Waals surface area contributed by atoms with E-state index in [1.807, 2.05) is 13.0 Å². The molecule has 2 heterocycles. The van der Waals surface area contributed by atoms with Crippen LogP contribution in [-0.4, -0.2) is 15.1 Å². The topological polar surface area (TPSA) is 66.0 Å². The van der Waals surface area contributed by atoms with Crippen molar-refractivity contribution in [1.29, 1.82) is 0 Å². The molecular weight excluding hydrogens is 192 g/mol. The highest BCUT2D eigenvalue weighted by molar-refractivity contribution is 5.78. The van der Waals surface area contributed by atoms with Gasteiger partial charge in [-0.2, -0.15) is 0 Å². The number of rotatable bonds is 2. The lowest BCUT2D eigenvalue weighted by Crippen LogP contribution is -2.11. The molecule has 2 aromatic rings. The fourth-order valence-electron chi connectivity index (χ4n) is 1.54. The van der Waals surface area contributed by atoms with Crippen LogP contribution < -0.4 is 5.56 Å². The van der Waals surface area contributed by atoms with Gasteiger partial charge < -0.3 is 10.1 Å². The number of nitrogens with one attached hydrogen (secondary N) is 1. The SMILES string of the molecule is CCc1cc2cnc(CO)cc2[nH]c1=O. The first-order chi connectivity index (χ1) is 7.24. The van der Waals surface area contributed by atoms with Crippen molar-refractivity contribution >= 4 is 10.9 Å². The van der Waals surface area contributed by atoms with Crippen molar-refractivity contribution in [1.82, 2.24) is 9.97 Å². The minimum absolute atomic E-state index is 0.0694. The monoisotopic (exact) mass is 204 g/mol. The molecule has 0 saturated carbocycles. The fraction of sp³-hybridized carbons (Fsp3) is 0.273. The van der Waals surface area contributed by atoms with Crippen LogP contribution in [-0.2, 0) is 13.0 Å². The van der Waals surface area contributed by atoms with E-state index in [1.165, 1.54) is 0 Å². The predicted molar refractivity (Wildman–Crippen MR) is 57.7 cm³/mol. The summed E-state index contributed by atoms with van der Waals surface area (Å²) in [6.45, 7) is 1.82. The second-order valence-electron chi connectivity index (χ2n) is 3.40. The smallest absolute Gasteiger partial charge is 0.251 e. The van der Waals surface area contributed by atoms with Gasteiger partial charge >= 0.3 is 0 Å². The number of nitrogens with zero attached hydrogens (tertiary/aromatic N) is 1. The van der Waals surface area contributed by atoms with Gasteiger partial charge in [0.05, 0.1) is 17.8 Å². The number of aromatic amines is 1. The largest absolute Gasteiger partial charge is 0.390 e. The molecular formula is C11H12N2O2. The van der Waals surface area contributed by atoms with Gasteiger partial charge in [-0.1, -0.05) is 6.92 Å². The Labute approximate surface area is 86.6 Å². The van der Waals surface area contributed by atoms with Crippen molar-refractivity contribution in [3.8, 4) is 0 Å². The molecule has 0 aliphatic rings. The van der Waals surface area contributed by atoms with E-state index in [1.54, 1.807) is 12.3 Å². The van der Waals surface area contributed by atoms with E-state index in [2.05, 4.69) is 9.97 Å². The second-order valence-corrected chi connectivity index (χ2v) is 3.40. The van der Waals surface area contributed by atoms with E-state index in [4.69, 9.17) is 5.11 Å². The summed E-state index contributed by atoms with van der Waals surface area (Å²) in [4.78, 5) is 18.4. The Hall–Kier alpha value is -1.68. The van der Waals surface area contributed by atoms with E-state index in [0.717, 1.165) is 16.5 Å². The Balaban J connectivity index is 2.70. The molecule has 4 heteroatoms. The predicted octanol–water partition coefficient (Wildman–Crippen LogP) is 0.978. The van der Waals surface area contributed by atoms with Crippen molar-refractivity contribution in [3.63, 3.8) is 0 Å². The number of aryl methyl sites for hydroxylation is 1. The Kier molecular flexibility index (Phi) is 2.51. The van der Waals surface area contributed by atoms with Crippen molar-refractivity contribution < 1.29 is 5.11 Å². The maximum atomic E-state index is 11.5. The third-order valence-electron chi connectivity index (χ3n) is 2.40. The Morgan fingerprint density at radius 2 is 2.27 bits per heavy atom. The third-order valence-corrected chi connectivity index (χ3v) is 2.40. The average molecular weight is 204 g/mol. The normalized spacial score (nSPS) is 10.8. The number of hydrogen-bond acceptors (Lipinski definition) is 3. The minimum Gasteiger partial charge on any atom is -0.390 e. The van der Waals surface area contributed by atoms with Crippen LogP contribution >= 0.6 is 0 Å². The number of aliphatic hydroxyl groups is 1. The summed E-state index contributed by atoms with van der Waals surface area (Å²) in [6.07, 6.45) is 2.36. The summed E-state index contributed by atoms with van der Waals surface area (Å²) in [5.41, 5.74) is 1.96. The van der Waals surface area contributed by atoms with Gasteiger partial charge in [0.15, 0.2) is 0 Å². The molecule has 0 atom stereocenters. The number of aliphatic hydroxyl groups excluding tert-OH is 1. The number of hydrogen-bond donors (Lipinski definition) is 2. The fourth-order valence-corrected chi connectivity index (χ4v) is 1.54. The zero-order chi connectivity index (χ0) is 10.8. The highest BCUT2D eigenvalue weighted by atomic mass is 16.3. The van der Waals surface area contributed by atoms with Gasteiger partial charge in [0, 0.05) is 17.1 Å². The van der Waals surface area contributed by atoms with E-state index in [0.29, 0.717) is 12.1 Å². The number of H-pyrrole nitrogens is 1. The van der Waals surface area contributed by atoms with Gasteiger partial charge in [-0.25, -0.2) is 0 Å².